The molecule has 17 nitrogen and oxygen atoms in total. The van der Waals surface area contributed by atoms with Gasteiger partial charge >= 0.3 is 72.8 Å². The summed E-state index contributed by atoms with van der Waals surface area (Å²) in [6, 6.07) is 0. The molecule has 28 heavy (non-hydrogen) atoms. The van der Waals surface area contributed by atoms with E-state index < -0.39 is 18.8 Å². The van der Waals surface area contributed by atoms with Gasteiger partial charge in [0.25, 0.3) is 0 Å². The van der Waals surface area contributed by atoms with Crippen molar-refractivity contribution in [3.8, 4) is 0 Å². The Kier molecular flexibility index (Phi) is 67.2. The Hall–Kier alpha value is 0.690. The van der Waals surface area contributed by atoms with E-state index in [0.29, 0.717) is 5.82 Å². The number of alkyl halides is 1. The molecule has 0 radical (unpaired) electrons. The maximum absolute atomic E-state index is 10.5. The van der Waals surface area contributed by atoms with Crippen LogP contribution in [-0.4, -0.2) is 144 Å². The van der Waals surface area contributed by atoms with Crippen LogP contribution in [0, 0.1) is 17.0 Å². The Morgan fingerprint density at radius 1 is 1.14 bits per heavy atom. The molecule has 0 saturated carbocycles. The van der Waals surface area contributed by atoms with Gasteiger partial charge in [0.1, 0.15) is 18.8 Å². The summed E-state index contributed by atoms with van der Waals surface area (Å²) < 4.78 is 10.2. The van der Waals surface area contributed by atoms with Gasteiger partial charge in [0, 0.05) is 6.92 Å². The Morgan fingerprint density at radius 3 is 1.71 bits per heavy atom. The van der Waals surface area contributed by atoms with Gasteiger partial charge in [-0.05, 0) is 4.92 Å². The van der Waals surface area contributed by atoms with E-state index in [1.54, 1.807) is 6.92 Å². The monoisotopic (exact) mass is 491 g/mol. The number of halogens is 1. The van der Waals surface area contributed by atoms with E-state index in [9.17, 15) is 15.2 Å². The third-order valence-electron chi connectivity index (χ3n) is 1.79. The molecule has 1 heterocycles. The second-order valence-corrected chi connectivity index (χ2v) is 4.69. The number of phosphoric acid groups is 1. The molecule has 1 unspecified atom stereocenters. The van der Waals surface area contributed by atoms with Gasteiger partial charge in [0.15, 0.2) is 5.82 Å². The van der Waals surface area contributed by atoms with Crippen LogP contribution in [0.1, 0.15) is 5.82 Å². The van der Waals surface area contributed by atoms with Crippen molar-refractivity contribution in [2.24, 2.45) is 0 Å². The van der Waals surface area contributed by atoms with Crippen molar-refractivity contribution >= 4 is 84.4 Å². The van der Waals surface area contributed by atoms with Gasteiger partial charge in [-0.15, -0.1) is 11.6 Å². The average molecular weight is 492 g/mol. The van der Waals surface area contributed by atoms with E-state index in [4.69, 9.17) is 30.8 Å². The quantitative estimate of drug-likeness (QED) is 0.103. The summed E-state index contributed by atoms with van der Waals surface area (Å²) in [5, 5.41) is 19.8. The van der Waals surface area contributed by atoms with Crippen molar-refractivity contribution in [1.82, 2.24) is 9.55 Å². The predicted molar refractivity (Wildman–Crippen MR) is 104 cm³/mol. The number of imidazole rings is 1. The second-order valence-electron chi connectivity index (χ2n) is 3.35. The van der Waals surface area contributed by atoms with Crippen LogP contribution in [0.2, 0.25) is 0 Å². The number of aromatic nitrogens is 2. The number of nitro groups is 1. The average Bonchev–Trinajstić information content (AvgIpc) is 2.58. The van der Waals surface area contributed by atoms with E-state index in [1.165, 1.54) is 4.57 Å². The van der Waals surface area contributed by atoms with Gasteiger partial charge < -0.3 is 68.2 Å². The van der Waals surface area contributed by atoms with Crippen molar-refractivity contribution in [2.75, 3.05) is 5.88 Å². The van der Waals surface area contributed by atoms with E-state index in [2.05, 4.69) is 4.98 Å². The zero-order valence-corrected chi connectivity index (χ0v) is 14.9. The van der Waals surface area contributed by atoms with Crippen LogP contribution >= 0.6 is 19.4 Å². The van der Waals surface area contributed by atoms with E-state index in [0.717, 1.165) is 6.20 Å². The number of nitrogens with zero attached hydrogens (tertiary/aromatic N) is 3. The van der Waals surface area contributed by atoms with Gasteiger partial charge in [-0.25, -0.2) is 14.1 Å². The van der Waals surface area contributed by atoms with E-state index in [1.807, 2.05) is 0 Å². The normalized spacial score (nSPS) is 8.50. The molecule has 21 heteroatoms. The van der Waals surface area contributed by atoms with Gasteiger partial charge in [0.2, 0.25) is 0 Å². The SMILES string of the molecule is Cc1ncc([N+](=O)[O-])n1CC(O)CCl.O.O.O.O.O.O.O.O=P(O)(O)O.[NaH].[NaH]. The van der Waals surface area contributed by atoms with Crippen molar-refractivity contribution in [3.63, 3.8) is 0 Å². The molecule has 0 aliphatic heterocycles. The topological polar surface area (TPSA) is 379 Å². The molecule has 0 bridgehead atoms. The molecule has 170 valence electrons. The molecule has 1 atom stereocenters. The van der Waals surface area contributed by atoms with Gasteiger partial charge in [-0.1, -0.05) is 0 Å². The summed E-state index contributed by atoms with van der Waals surface area (Å²) >= 11 is 5.40. The first kappa shape index (κ1) is 63.0. The Balaban J connectivity index is -0.0000000264. The summed E-state index contributed by atoms with van der Waals surface area (Å²) in [4.78, 5) is 35.3. The molecule has 0 spiro atoms. The minimum atomic E-state index is -4.64. The van der Waals surface area contributed by atoms with Crippen LogP contribution in [0.15, 0.2) is 6.20 Å². The maximum atomic E-state index is 10.5. The summed E-state index contributed by atoms with van der Waals surface area (Å²) in [6.45, 7) is 1.72. The third kappa shape index (κ3) is 31.4. The van der Waals surface area contributed by atoms with Crippen molar-refractivity contribution in [3.05, 3.63) is 22.1 Å². The fourth-order valence-corrected chi connectivity index (χ4v) is 1.18. The third-order valence-corrected chi connectivity index (χ3v) is 2.15. The fourth-order valence-electron chi connectivity index (χ4n) is 1.09. The van der Waals surface area contributed by atoms with Crippen LogP contribution in [0.5, 0.6) is 0 Å². The molecule has 0 amide bonds. The molecule has 1 rings (SSSR count). The van der Waals surface area contributed by atoms with Gasteiger partial charge in [-0.3, -0.25) is 0 Å². The summed E-state index contributed by atoms with van der Waals surface area (Å²) in [5.74, 6) is 0.391. The van der Waals surface area contributed by atoms with Gasteiger partial charge in [0.05, 0.1) is 5.88 Å². The summed E-state index contributed by atoms with van der Waals surface area (Å²) in [7, 11) is -4.64. The van der Waals surface area contributed by atoms with Crippen LogP contribution in [0.4, 0.5) is 5.82 Å². The molecular weight excluding hydrogens is 462 g/mol. The van der Waals surface area contributed by atoms with E-state index >= 15 is 0 Å². The Labute approximate surface area is 207 Å². The zero-order valence-electron chi connectivity index (χ0n) is 13.2. The second kappa shape index (κ2) is 29.9. The summed E-state index contributed by atoms with van der Waals surface area (Å²) in [5.41, 5.74) is 0. The Morgan fingerprint density at radius 2 is 1.46 bits per heavy atom. The number of hydrogen-bond donors (Lipinski definition) is 4. The first-order valence-corrected chi connectivity index (χ1v) is 6.85. The number of hydrogen-bond acceptors (Lipinski definition) is 5. The number of aryl methyl sites for hydroxylation is 1. The first-order valence-electron chi connectivity index (χ1n) is 4.75. The number of aliphatic hydroxyl groups is 1. The van der Waals surface area contributed by atoms with Crippen LogP contribution in [0.25, 0.3) is 0 Å². The van der Waals surface area contributed by atoms with Crippen LogP contribution in [-0.2, 0) is 11.1 Å². The molecule has 0 fully saturated rings. The van der Waals surface area contributed by atoms with Crippen molar-refractivity contribution in [1.29, 1.82) is 0 Å². The minimum absolute atomic E-state index is 0. The number of rotatable bonds is 4. The first-order chi connectivity index (χ1) is 8.56. The molecule has 0 aliphatic rings. The fraction of sp³-hybridized carbons (Fsp3) is 0.571. The predicted octanol–water partition coefficient (Wildman–Crippen LogP) is -7.30. The van der Waals surface area contributed by atoms with Crippen LogP contribution in [0.3, 0.4) is 0 Å². The molecule has 0 saturated heterocycles. The van der Waals surface area contributed by atoms with Crippen LogP contribution < -0.4 is 0 Å². The summed E-state index contributed by atoms with van der Waals surface area (Å²) in [6.07, 6.45) is 0.360. The van der Waals surface area contributed by atoms with Gasteiger partial charge in [-0.2, -0.15) is 0 Å². The molecule has 0 aliphatic carbocycles. The zero-order chi connectivity index (χ0) is 15.2. The van der Waals surface area contributed by atoms with E-state index in [-0.39, 0.29) is 116 Å². The molecular formula is C7H29ClN3Na2O14P. The van der Waals surface area contributed by atoms with Crippen molar-refractivity contribution < 1.29 is 67.6 Å². The molecule has 1 aromatic rings. The standard InChI is InChI=1S/C7H10ClN3O3.2Na.H3O4P.7H2O.2H/c1-5-9-3-7(11(13)14)10(5)4-6(12)2-8;;;1-5(2,3)4;;;;;;;;;/h3,6,12H,2,4H2,1H3;;;(H3,1,2,3,4);7*1H2;;. The molecule has 0 aromatic carbocycles. The Bertz CT molecular complexity index is 483. The van der Waals surface area contributed by atoms with Crippen molar-refractivity contribution in [2.45, 2.75) is 19.6 Å². The number of aliphatic hydroxyl groups excluding tert-OH is 1. The molecule has 1 aromatic heterocycles. The molecule has 18 N–H and O–H groups in total.